The first-order chi connectivity index (χ1) is 10.1. The van der Waals surface area contributed by atoms with E-state index in [0.717, 1.165) is 10.9 Å². The monoisotopic (exact) mass is 281 g/mol. The molecule has 0 aliphatic carbocycles. The number of rotatable bonds is 3. The maximum atomic E-state index is 11.6. The normalized spacial score (nSPS) is 10.7. The van der Waals surface area contributed by atoms with Gasteiger partial charge in [0.05, 0.1) is 4.92 Å². The molecule has 0 aliphatic rings. The molecule has 0 spiro atoms. The van der Waals surface area contributed by atoms with Gasteiger partial charge in [-0.2, -0.15) is 0 Å². The average Bonchev–Trinajstić information content (AvgIpc) is 2.87. The molecule has 0 saturated heterocycles. The summed E-state index contributed by atoms with van der Waals surface area (Å²) >= 11 is 0. The molecule has 1 aromatic heterocycles. The van der Waals surface area contributed by atoms with Crippen LogP contribution in [0.1, 0.15) is 10.5 Å². The number of fused-ring (bicyclic) bond motifs is 1. The molecule has 6 heteroatoms. The second-order valence-corrected chi connectivity index (χ2v) is 4.59. The van der Waals surface area contributed by atoms with E-state index >= 15 is 0 Å². The van der Waals surface area contributed by atoms with Gasteiger partial charge in [-0.3, -0.25) is 14.9 Å². The van der Waals surface area contributed by atoms with Crippen LogP contribution in [0.3, 0.4) is 0 Å². The number of nitrogens with one attached hydrogen (secondary N) is 1. The molecule has 0 atom stereocenters. The minimum absolute atomic E-state index is 0.000726. The van der Waals surface area contributed by atoms with Gasteiger partial charge in [0.15, 0.2) is 0 Å². The van der Waals surface area contributed by atoms with Crippen molar-refractivity contribution in [1.82, 2.24) is 4.98 Å². The predicted molar refractivity (Wildman–Crippen MR) is 78.9 cm³/mol. The molecule has 0 aliphatic heterocycles. The van der Waals surface area contributed by atoms with Crippen molar-refractivity contribution in [3.8, 4) is 11.1 Å². The Kier molecular flexibility index (Phi) is 2.91. The number of para-hydroxylation sites is 1. The van der Waals surface area contributed by atoms with E-state index in [1.54, 1.807) is 12.1 Å². The Labute approximate surface area is 119 Å². The number of non-ortho nitro benzene ring substituents is 1. The van der Waals surface area contributed by atoms with Crippen LogP contribution in [0.2, 0.25) is 0 Å². The number of primary amides is 1. The summed E-state index contributed by atoms with van der Waals surface area (Å²) in [7, 11) is 0. The Bertz CT molecular complexity index is 850. The van der Waals surface area contributed by atoms with Crippen molar-refractivity contribution in [2.45, 2.75) is 0 Å². The number of hydrogen-bond donors (Lipinski definition) is 2. The third-order valence-corrected chi connectivity index (χ3v) is 3.32. The van der Waals surface area contributed by atoms with Crippen LogP contribution in [-0.2, 0) is 0 Å². The van der Waals surface area contributed by atoms with Gasteiger partial charge < -0.3 is 10.7 Å². The van der Waals surface area contributed by atoms with Crippen LogP contribution in [-0.4, -0.2) is 15.8 Å². The summed E-state index contributed by atoms with van der Waals surface area (Å²) < 4.78 is 0. The fraction of sp³-hybridized carbons (Fsp3) is 0. The smallest absolute Gasteiger partial charge is 0.269 e. The number of nitrogens with zero attached hydrogens (tertiary/aromatic N) is 1. The molecule has 1 amide bonds. The number of aromatic amines is 1. The third-order valence-electron chi connectivity index (χ3n) is 3.32. The molecular weight excluding hydrogens is 270 g/mol. The van der Waals surface area contributed by atoms with E-state index in [2.05, 4.69) is 4.98 Å². The lowest BCUT2D eigenvalue weighted by atomic mass is 10.0. The lowest BCUT2D eigenvalue weighted by molar-refractivity contribution is -0.384. The lowest BCUT2D eigenvalue weighted by Gasteiger charge is -2.02. The van der Waals surface area contributed by atoms with Crippen molar-refractivity contribution in [2.24, 2.45) is 5.73 Å². The van der Waals surface area contributed by atoms with Crippen LogP contribution >= 0.6 is 0 Å². The van der Waals surface area contributed by atoms with Gasteiger partial charge in [0, 0.05) is 28.6 Å². The maximum absolute atomic E-state index is 11.6. The zero-order valence-corrected chi connectivity index (χ0v) is 10.9. The number of H-pyrrole nitrogens is 1. The molecule has 3 rings (SSSR count). The molecule has 2 aromatic carbocycles. The summed E-state index contributed by atoms with van der Waals surface area (Å²) in [4.78, 5) is 24.9. The molecule has 3 aromatic rings. The van der Waals surface area contributed by atoms with E-state index in [9.17, 15) is 14.9 Å². The van der Waals surface area contributed by atoms with Gasteiger partial charge >= 0.3 is 0 Å². The second-order valence-electron chi connectivity index (χ2n) is 4.59. The van der Waals surface area contributed by atoms with Crippen molar-refractivity contribution in [3.05, 3.63) is 64.3 Å². The van der Waals surface area contributed by atoms with Gasteiger partial charge in [-0.1, -0.05) is 18.2 Å². The zero-order valence-electron chi connectivity index (χ0n) is 10.9. The van der Waals surface area contributed by atoms with Crippen molar-refractivity contribution in [2.75, 3.05) is 0 Å². The van der Waals surface area contributed by atoms with Crippen LogP contribution < -0.4 is 5.73 Å². The molecule has 21 heavy (non-hydrogen) atoms. The predicted octanol–water partition coefficient (Wildman–Crippen LogP) is 2.84. The molecule has 1 heterocycles. The molecule has 0 unspecified atom stereocenters. The number of carbonyl (C=O) groups excluding carboxylic acids is 1. The standard InChI is InChI=1S/C15H11N3O3/c16-15(19)14-13(11-3-1-2-4-12(11)17-14)9-5-7-10(8-6-9)18(20)21/h1-8,17H,(H2,16,19). The molecule has 0 bridgehead atoms. The van der Waals surface area contributed by atoms with Crippen molar-refractivity contribution in [3.63, 3.8) is 0 Å². The summed E-state index contributed by atoms with van der Waals surface area (Å²) in [6.07, 6.45) is 0. The van der Waals surface area contributed by atoms with Gasteiger partial charge in [-0.05, 0) is 23.8 Å². The highest BCUT2D eigenvalue weighted by Gasteiger charge is 2.17. The number of nitrogens with two attached hydrogens (primary N) is 1. The fourth-order valence-corrected chi connectivity index (χ4v) is 2.38. The van der Waals surface area contributed by atoms with E-state index in [1.165, 1.54) is 12.1 Å². The van der Waals surface area contributed by atoms with Crippen LogP contribution in [0, 0.1) is 10.1 Å². The summed E-state index contributed by atoms with van der Waals surface area (Å²) in [6, 6.07) is 13.5. The van der Waals surface area contributed by atoms with E-state index in [4.69, 9.17) is 5.73 Å². The van der Waals surface area contributed by atoms with Crippen LogP contribution in [0.25, 0.3) is 22.0 Å². The van der Waals surface area contributed by atoms with Crippen molar-refractivity contribution >= 4 is 22.5 Å². The van der Waals surface area contributed by atoms with Crippen LogP contribution in [0.4, 0.5) is 5.69 Å². The maximum Gasteiger partial charge on any atom is 0.269 e. The van der Waals surface area contributed by atoms with Gasteiger partial charge in [0.25, 0.3) is 11.6 Å². The highest BCUT2D eigenvalue weighted by Crippen LogP contribution is 2.33. The number of aromatic nitrogens is 1. The molecular formula is C15H11N3O3. The number of nitro benzene ring substituents is 1. The Morgan fingerprint density at radius 1 is 1.10 bits per heavy atom. The van der Waals surface area contributed by atoms with E-state index in [0.29, 0.717) is 16.8 Å². The Morgan fingerprint density at radius 3 is 2.38 bits per heavy atom. The molecule has 104 valence electrons. The first kappa shape index (κ1) is 12.9. The number of nitro groups is 1. The van der Waals surface area contributed by atoms with Gasteiger partial charge in [-0.25, -0.2) is 0 Å². The molecule has 0 fully saturated rings. The van der Waals surface area contributed by atoms with Gasteiger partial charge in [0.2, 0.25) is 0 Å². The quantitative estimate of drug-likeness (QED) is 0.570. The first-order valence-electron chi connectivity index (χ1n) is 6.23. The summed E-state index contributed by atoms with van der Waals surface area (Å²) in [5.74, 6) is -0.570. The molecule has 0 saturated carbocycles. The highest BCUT2D eigenvalue weighted by atomic mass is 16.6. The number of benzene rings is 2. The largest absolute Gasteiger partial charge is 0.364 e. The Balaban J connectivity index is 2.25. The van der Waals surface area contributed by atoms with Crippen molar-refractivity contribution < 1.29 is 9.72 Å². The summed E-state index contributed by atoms with van der Waals surface area (Å²) in [6.45, 7) is 0. The van der Waals surface area contributed by atoms with Crippen molar-refractivity contribution in [1.29, 1.82) is 0 Å². The van der Waals surface area contributed by atoms with Crippen LogP contribution in [0.5, 0.6) is 0 Å². The molecule has 3 N–H and O–H groups in total. The lowest BCUT2D eigenvalue weighted by Crippen LogP contribution is -2.12. The summed E-state index contributed by atoms with van der Waals surface area (Å²) in [5, 5.41) is 11.6. The average molecular weight is 281 g/mol. The minimum atomic E-state index is -0.570. The highest BCUT2D eigenvalue weighted by molar-refractivity contribution is 6.09. The second kappa shape index (κ2) is 4.75. The number of hydrogen-bond acceptors (Lipinski definition) is 3. The summed E-state index contributed by atoms with van der Waals surface area (Å²) in [5.41, 5.74) is 7.86. The topological polar surface area (TPSA) is 102 Å². The van der Waals surface area contributed by atoms with E-state index in [-0.39, 0.29) is 5.69 Å². The number of amides is 1. The zero-order chi connectivity index (χ0) is 15.0. The molecule has 6 nitrogen and oxygen atoms in total. The fourth-order valence-electron chi connectivity index (χ4n) is 2.38. The number of carbonyl (C=O) groups is 1. The van der Waals surface area contributed by atoms with Gasteiger partial charge in [0.1, 0.15) is 5.69 Å². The van der Waals surface area contributed by atoms with Crippen LogP contribution in [0.15, 0.2) is 48.5 Å². The van der Waals surface area contributed by atoms with Gasteiger partial charge in [-0.15, -0.1) is 0 Å². The van der Waals surface area contributed by atoms with E-state index in [1.807, 2.05) is 24.3 Å². The minimum Gasteiger partial charge on any atom is -0.364 e. The Hall–Kier alpha value is -3.15. The van der Waals surface area contributed by atoms with E-state index < -0.39 is 10.8 Å². The SMILES string of the molecule is NC(=O)c1[nH]c2ccccc2c1-c1ccc([N+](=O)[O-])cc1. The first-order valence-corrected chi connectivity index (χ1v) is 6.23. The molecule has 0 radical (unpaired) electrons. The Morgan fingerprint density at radius 2 is 1.76 bits per heavy atom. The third kappa shape index (κ3) is 2.12.